The normalized spacial score (nSPS) is 15.3. The number of amidine groups is 1. The average Bonchev–Trinajstić information content (AvgIpc) is 3.31. The van der Waals surface area contributed by atoms with Crippen LogP contribution in [-0.4, -0.2) is 61.1 Å². The van der Waals surface area contributed by atoms with E-state index in [1.54, 1.807) is 11.3 Å². The topological polar surface area (TPSA) is 53.9 Å². The number of carbonyl (C=O) groups excluding carboxylic acids is 1. The van der Waals surface area contributed by atoms with Crippen molar-refractivity contribution >= 4 is 39.5 Å². The molecule has 2 aliphatic rings. The highest BCUT2D eigenvalue weighted by atomic mass is 32.1. The van der Waals surface area contributed by atoms with Gasteiger partial charge in [-0.1, -0.05) is 110 Å². The summed E-state index contributed by atoms with van der Waals surface area (Å²) in [5.41, 5.74) is 3.22. The number of anilines is 2. The molecule has 1 aromatic carbocycles. The van der Waals surface area contributed by atoms with Crippen molar-refractivity contribution in [3.8, 4) is 0 Å². The number of esters is 1. The second-order valence-corrected chi connectivity index (χ2v) is 13.6. The zero-order valence-corrected chi connectivity index (χ0v) is 28.7. The monoisotopic (exact) mass is 611 g/mol. The lowest BCUT2D eigenvalue weighted by molar-refractivity contribution is -0.929. The molecule has 0 bridgehead atoms. The molecule has 6 nitrogen and oxygen atoms in total. The number of unbranched alkanes of at least 4 members (excludes halogenated alkanes) is 12. The van der Waals surface area contributed by atoms with Gasteiger partial charge in [0.25, 0.3) is 0 Å². The first-order valence-corrected chi connectivity index (χ1v) is 18.1. The number of hydrogen-bond donors (Lipinski definition) is 1. The maximum Gasteiger partial charge on any atom is 0.310 e. The van der Waals surface area contributed by atoms with Gasteiger partial charge in [-0.15, -0.1) is 11.3 Å². The molecule has 240 valence electrons. The van der Waals surface area contributed by atoms with Crippen molar-refractivity contribution in [2.75, 3.05) is 45.3 Å². The maximum atomic E-state index is 12.5. The second-order valence-electron chi connectivity index (χ2n) is 12.4. The van der Waals surface area contributed by atoms with Crippen LogP contribution in [0.1, 0.15) is 121 Å². The molecule has 1 fully saturated rings. The molecule has 1 aromatic heterocycles. The number of aliphatic imine (C=N–C) groups is 1. The van der Waals surface area contributed by atoms with Crippen molar-refractivity contribution < 1.29 is 14.0 Å². The average molecular weight is 612 g/mol. The molecule has 2 aromatic rings. The van der Waals surface area contributed by atoms with E-state index in [1.807, 2.05) is 19.9 Å². The van der Waals surface area contributed by atoms with Gasteiger partial charge in [0.15, 0.2) is 0 Å². The number of thiophene rings is 1. The number of nitrogens with zero attached hydrogens (tertiary/aromatic N) is 3. The molecule has 0 atom stereocenters. The third kappa shape index (κ3) is 11.6. The molecule has 0 amide bonds. The highest BCUT2D eigenvalue weighted by molar-refractivity contribution is 7.16. The van der Waals surface area contributed by atoms with Crippen LogP contribution >= 0.6 is 11.3 Å². The summed E-state index contributed by atoms with van der Waals surface area (Å²) in [6.07, 6.45) is 17.6. The van der Waals surface area contributed by atoms with Gasteiger partial charge < -0.3 is 15.0 Å². The summed E-state index contributed by atoms with van der Waals surface area (Å²) in [5.74, 6) is 1.01. The van der Waals surface area contributed by atoms with Crippen molar-refractivity contribution in [1.29, 1.82) is 0 Å². The molecule has 1 N–H and O–H groups in total. The molecule has 0 radical (unpaired) electrons. The molecule has 2 aliphatic heterocycles. The Labute approximate surface area is 266 Å². The molecule has 0 unspecified atom stereocenters. The first-order chi connectivity index (χ1) is 21.0. The van der Waals surface area contributed by atoms with E-state index in [-0.39, 0.29) is 5.97 Å². The molecular weight excluding hydrogens is 552 g/mol. The van der Waals surface area contributed by atoms with Gasteiger partial charge >= 0.3 is 5.97 Å². The van der Waals surface area contributed by atoms with Gasteiger partial charge in [-0.2, -0.15) is 0 Å². The molecule has 0 aliphatic carbocycles. The van der Waals surface area contributed by atoms with Gasteiger partial charge in [-0.05, 0) is 31.5 Å². The van der Waals surface area contributed by atoms with Crippen LogP contribution in [0.25, 0.3) is 0 Å². The minimum Gasteiger partial charge on any atom is -0.415 e. The maximum absolute atomic E-state index is 12.5. The first-order valence-electron chi connectivity index (χ1n) is 17.3. The molecule has 43 heavy (non-hydrogen) atoms. The zero-order valence-electron chi connectivity index (χ0n) is 27.9. The van der Waals surface area contributed by atoms with Crippen molar-refractivity contribution in [2.24, 2.45) is 4.99 Å². The standard InChI is InChI=1S/C34H53N4O2S.C2H6/c1-4-5-6-7-8-9-10-11-12-13-14-15-16-21-32(39)40-27-38(3)24-22-37(23-25-38)33-29-26-28(2)41-34(29)36-31-20-18-17-19-30(31)35-33;1-2/h17-20,26,36H,4-16,21-25,27H2,1-3H3;1-2H3/q+1;. The Morgan fingerprint density at radius 1 is 0.930 bits per heavy atom. The van der Waals surface area contributed by atoms with Crippen LogP contribution in [0.15, 0.2) is 35.3 Å². The van der Waals surface area contributed by atoms with Gasteiger partial charge in [-0.25, -0.2) is 4.99 Å². The highest BCUT2D eigenvalue weighted by Gasteiger charge is 2.33. The summed E-state index contributed by atoms with van der Waals surface area (Å²) < 4.78 is 6.54. The quantitative estimate of drug-likeness (QED) is 0.117. The Kier molecular flexibility index (Phi) is 15.6. The van der Waals surface area contributed by atoms with Crippen molar-refractivity contribution in [2.45, 2.75) is 118 Å². The third-order valence-electron chi connectivity index (χ3n) is 8.62. The zero-order chi connectivity index (χ0) is 30.9. The van der Waals surface area contributed by atoms with E-state index in [4.69, 9.17) is 9.73 Å². The summed E-state index contributed by atoms with van der Waals surface area (Å²) in [6.45, 7) is 12.5. The molecule has 1 saturated heterocycles. The van der Waals surface area contributed by atoms with Crippen molar-refractivity contribution in [3.63, 3.8) is 0 Å². The lowest BCUT2D eigenvalue weighted by Gasteiger charge is -2.42. The van der Waals surface area contributed by atoms with Crippen LogP contribution in [0.4, 0.5) is 16.4 Å². The number of likely N-dealkylation sites (N-methyl/N-ethyl adjacent to an activating group) is 1. The number of hydrogen-bond acceptors (Lipinski definition) is 6. The van der Waals surface area contributed by atoms with Crippen LogP contribution in [0.3, 0.4) is 0 Å². The van der Waals surface area contributed by atoms with E-state index in [0.717, 1.165) is 65.7 Å². The largest absolute Gasteiger partial charge is 0.415 e. The number of quaternary nitrogens is 1. The Morgan fingerprint density at radius 3 is 2.14 bits per heavy atom. The summed E-state index contributed by atoms with van der Waals surface area (Å²) in [6, 6.07) is 10.5. The minimum absolute atomic E-state index is 0.0379. The molecule has 0 saturated carbocycles. The van der Waals surface area contributed by atoms with Gasteiger partial charge in [-0.3, -0.25) is 9.28 Å². The van der Waals surface area contributed by atoms with E-state index in [1.165, 1.54) is 81.1 Å². The highest BCUT2D eigenvalue weighted by Crippen LogP contribution is 2.39. The molecule has 0 spiro atoms. The lowest BCUT2D eigenvalue weighted by Crippen LogP contribution is -2.59. The Morgan fingerprint density at radius 2 is 1.51 bits per heavy atom. The molecule has 4 rings (SSSR count). The summed E-state index contributed by atoms with van der Waals surface area (Å²) in [7, 11) is 2.21. The van der Waals surface area contributed by atoms with Crippen LogP contribution < -0.4 is 5.32 Å². The van der Waals surface area contributed by atoms with E-state index >= 15 is 0 Å². The fourth-order valence-corrected chi connectivity index (χ4v) is 6.78. The number of nitrogens with one attached hydrogen (secondary N) is 1. The van der Waals surface area contributed by atoms with E-state index < -0.39 is 0 Å². The number of ether oxygens (including phenoxy) is 1. The van der Waals surface area contributed by atoms with Gasteiger partial charge in [0, 0.05) is 11.3 Å². The number of benzene rings is 1. The number of aryl methyl sites for hydroxylation is 1. The second kappa shape index (κ2) is 19.1. The van der Waals surface area contributed by atoms with E-state index in [2.05, 4.69) is 55.4 Å². The van der Waals surface area contributed by atoms with Gasteiger partial charge in [0.05, 0.1) is 50.2 Å². The van der Waals surface area contributed by atoms with Crippen LogP contribution in [-0.2, 0) is 9.53 Å². The number of fused-ring (bicyclic) bond motifs is 2. The third-order valence-corrected chi connectivity index (χ3v) is 9.58. The van der Waals surface area contributed by atoms with Crippen molar-refractivity contribution in [3.05, 3.63) is 40.8 Å². The Hall–Kier alpha value is -2.38. The number of rotatable bonds is 16. The summed E-state index contributed by atoms with van der Waals surface area (Å²) >= 11 is 1.78. The summed E-state index contributed by atoms with van der Waals surface area (Å²) in [5, 5.41) is 4.77. The fourth-order valence-electron chi connectivity index (χ4n) is 5.86. The van der Waals surface area contributed by atoms with Crippen LogP contribution in [0, 0.1) is 6.92 Å². The smallest absolute Gasteiger partial charge is 0.310 e. The van der Waals surface area contributed by atoms with Crippen molar-refractivity contribution in [1.82, 2.24) is 4.90 Å². The van der Waals surface area contributed by atoms with E-state index in [9.17, 15) is 4.79 Å². The summed E-state index contributed by atoms with van der Waals surface area (Å²) in [4.78, 5) is 21.3. The molecule has 3 heterocycles. The van der Waals surface area contributed by atoms with E-state index in [0.29, 0.717) is 13.2 Å². The number of para-hydroxylation sites is 2. The first kappa shape index (κ1) is 35.1. The SMILES string of the molecule is CC.CCCCCCCCCCCCCCCC(=O)OC[N+]1(C)CCN(C2=Nc3ccccc3Nc3sc(C)cc32)CC1. The minimum atomic E-state index is -0.0379. The van der Waals surface area contributed by atoms with Gasteiger partial charge in [0.2, 0.25) is 6.73 Å². The Bertz CT molecular complexity index is 1120. The molecular formula is C36H59N4O2S+. The van der Waals surface area contributed by atoms with Crippen LogP contribution in [0.5, 0.6) is 0 Å². The number of carbonyl (C=O) groups is 1. The van der Waals surface area contributed by atoms with Crippen LogP contribution in [0.2, 0.25) is 0 Å². The predicted molar refractivity (Wildman–Crippen MR) is 185 cm³/mol. The number of piperazine rings is 1. The van der Waals surface area contributed by atoms with Gasteiger partial charge in [0.1, 0.15) is 10.8 Å². The Balaban J connectivity index is 0.00000248. The fraction of sp³-hybridized carbons (Fsp3) is 0.667. The molecule has 7 heteroatoms. The predicted octanol–water partition coefficient (Wildman–Crippen LogP) is 9.96. The lowest BCUT2D eigenvalue weighted by atomic mass is 10.0.